The van der Waals surface area contributed by atoms with Crippen LogP contribution >= 0.6 is 11.3 Å². The Morgan fingerprint density at radius 1 is 1.21 bits per heavy atom. The molecule has 6 N–H and O–H groups in total. The van der Waals surface area contributed by atoms with Crippen LogP contribution in [0.2, 0.25) is 0 Å². The Morgan fingerprint density at radius 2 is 1.94 bits per heavy atom. The zero-order valence-corrected chi connectivity index (χ0v) is 19.3. The van der Waals surface area contributed by atoms with E-state index in [1.165, 1.54) is 32.2 Å². The van der Waals surface area contributed by atoms with Crippen LogP contribution in [-0.4, -0.2) is 67.8 Å². The highest BCUT2D eigenvalue weighted by Gasteiger charge is 2.26. The van der Waals surface area contributed by atoms with Crippen molar-refractivity contribution in [1.82, 2.24) is 0 Å². The van der Waals surface area contributed by atoms with Gasteiger partial charge in [0.15, 0.2) is 0 Å². The Labute approximate surface area is 198 Å². The number of amides is 2. The molecule has 1 aromatic heterocycles. The lowest BCUT2D eigenvalue weighted by molar-refractivity contribution is -0.384. The largest absolute Gasteiger partial charge is 0.460 e. The van der Waals surface area contributed by atoms with Gasteiger partial charge in [-0.1, -0.05) is 0 Å². The zero-order valence-electron chi connectivity index (χ0n) is 18.5. The molecule has 184 valence electrons. The van der Waals surface area contributed by atoms with Crippen LogP contribution in [0.4, 0.5) is 22.1 Å². The third-order valence-corrected chi connectivity index (χ3v) is 5.65. The number of carbonyl (C=O) groups is 3. The molecule has 0 aliphatic heterocycles. The van der Waals surface area contributed by atoms with Gasteiger partial charge in [-0.2, -0.15) is 0 Å². The van der Waals surface area contributed by atoms with Gasteiger partial charge in [0.25, 0.3) is 11.6 Å². The summed E-state index contributed by atoms with van der Waals surface area (Å²) in [6, 6.07) is 3.97. The highest BCUT2D eigenvalue weighted by molar-refractivity contribution is 7.18. The topological polar surface area (TPSA) is 195 Å². The minimum absolute atomic E-state index is 0.00361. The van der Waals surface area contributed by atoms with Gasteiger partial charge in [-0.25, -0.2) is 4.79 Å². The molecule has 0 spiro atoms. The summed E-state index contributed by atoms with van der Waals surface area (Å²) in [5.74, 6) is -2.11. The number of hydrogen-bond donors (Lipinski definition) is 5. The number of thiophene rings is 1. The SMILES string of the molecule is COCCOC(=O)c1c(NC(=O)CNc2cc([N+](=O)[O-])ccc2NCCO)sc(C(N)=O)c1C. The summed E-state index contributed by atoms with van der Waals surface area (Å²) in [6.45, 7) is 1.36. The molecule has 0 aliphatic carbocycles. The maximum Gasteiger partial charge on any atom is 0.341 e. The predicted molar refractivity (Wildman–Crippen MR) is 126 cm³/mol. The summed E-state index contributed by atoms with van der Waals surface area (Å²) < 4.78 is 9.95. The first-order chi connectivity index (χ1) is 16.2. The fourth-order valence-electron chi connectivity index (χ4n) is 2.86. The second-order valence-corrected chi connectivity index (χ2v) is 7.81. The van der Waals surface area contributed by atoms with E-state index in [-0.39, 0.29) is 65.3 Å². The molecule has 0 bridgehead atoms. The van der Waals surface area contributed by atoms with Crippen molar-refractivity contribution < 1.29 is 33.9 Å². The van der Waals surface area contributed by atoms with Crippen LogP contribution in [0.1, 0.15) is 25.6 Å². The van der Waals surface area contributed by atoms with Crippen LogP contribution < -0.4 is 21.7 Å². The lowest BCUT2D eigenvalue weighted by Crippen LogP contribution is -2.23. The quantitative estimate of drug-likeness (QED) is 0.117. The number of nitro benzene ring substituents is 1. The number of esters is 1. The van der Waals surface area contributed by atoms with E-state index in [9.17, 15) is 24.5 Å². The van der Waals surface area contributed by atoms with Gasteiger partial charge in [0, 0.05) is 25.8 Å². The van der Waals surface area contributed by atoms with Crippen LogP contribution in [0.25, 0.3) is 0 Å². The molecule has 0 aliphatic rings. The van der Waals surface area contributed by atoms with Crippen molar-refractivity contribution in [2.45, 2.75) is 6.92 Å². The second-order valence-electron chi connectivity index (χ2n) is 6.79. The molecule has 1 aromatic carbocycles. The number of nitrogens with one attached hydrogen (secondary N) is 3. The van der Waals surface area contributed by atoms with Gasteiger partial charge in [0.1, 0.15) is 11.6 Å². The lowest BCUT2D eigenvalue weighted by Gasteiger charge is -2.13. The first kappa shape index (κ1) is 26.5. The Balaban J connectivity index is 2.20. The minimum Gasteiger partial charge on any atom is -0.460 e. The molecule has 0 unspecified atom stereocenters. The molecule has 34 heavy (non-hydrogen) atoms. The average molecular weight is 496 g/mol. The highest BCUT2D eigenvalue weighted by atomic mass is 32.1. The number of rotatable bonds is 13. The van der Waals surface area contributed by atoms with Crippen molar-refractivity contribution in [2.24, 2.45) is 5.73 Å². The summed E-state index contributed by atoms with van der Waals surface area (Å²) in [5, 5.41) is 28.4. The fourth-order valence-corrected chi connectivity index (χ4v) is 3.92. The Kier molecular flexibility index (Phi) is 9.73. The molecular weight excluding hydrogens is 470 g/mol. The number of anilines is 3. The van der Waals surface area contributed by atoms with E-state index in [0.29, 0.717) is 5.69 Å². The summed E-state index contributed by atoms with van der Waals surface area (Å²) in [4.78, 5) is 47.5. The number of non-ortho nitro benzene ring substituents is 1. The lowest BCUT2D eigenvalue weighted by atomic mass is 10.1. The van der Waals surface area contributed by atoms with Crippen molar-refractivity contribution in [1.29, 1.82) is 0 Å². The molecule has 0 saturated heterocycles. The van der Waals surface area contributed by atoms with E-state index in [2.05, 4.69) is 16.0 Å². The van der Waals surface area contributed by atoms with E-state index in [1.54, 1.807) is 0 Å². The van der Waals surface area contributed by atoms with E-state index in [1.807, 2.05) is 0 Å². The van der Waals surface area contributed by atoms with Gasteiger partial charge in [-0.05, 0) is 18.6 Å². The van der Waals surface area contributed by atoms with Gasteiger partial charge in [-0.15, -0.1) is 11.3 Å². The normalized spacial score (nSPS) is 10.4. The summed E-state index contributed by atoms with van der Waals surface area (Å²) in [7, 11) is 1.44. The number of hydrogen-bond acceptors (Lipinski definition) is 11. The molecule has 13 nitrogen and oxygen atoms in total. The molecule has 0 saturated carbocycles. The monoisotopic (exact) mass is 495 g/mol. The number of methoxy groups -OCH3 is 1. The van der Waals surface area contributed by atoms with Crippen LogP contribution in [0.5, 0.6) is 0 Å². The molecule has 2 rings (SSSR count). The van der Waals surface area contributed by atoms with Crippen LogP contribution in [0.3, 0.4) is 0 Å². The molecular formula is C20H25N5O8S. The van der Waals surface area contributed by atoms with Crippen LogP contribution in [-0.2, 0) is 14.3 Å². The standard InChI is InChI=1S/C20H25N5O8S/c1-11-16(20(29)33-8-7-32-2)19(34-17(11)18(21)28)24-15(27)10-23-14-9-12(25(30)31)3-4-13(14)22-5-6-26/h3-4,9,22-23,26H,5-8,10H2,1-2H3,(H2,21,28)(H,24,27). The van der Waals surface area contributed by atoms with E-state index < -0.39 is 22.7 Å². The number of nitrogens with two attached hydrogens (primary N) is 1. The van der Waals surface area contributed by atoms with Crippen molar-refractivity contribution in [2.75, 3.05) is 56.0 Å². The summed E-state index contributed by atoms with van der Waals surface area (Å²) in [5.41, 5.74) is 6.16. The molecule has 0 radical (unpaired) electrons. The second kappa shape index (κ2) is 12.5. The number of carbonyl (C=O) groups excluding carboxylic acids is 3. The predicted octanol–water partition coefficient (Wildman–Crippen LogP) is 1.32. The first-order valence-electron chi connectivity index (χ1n) is 9.95. The maximum absolute atomic E-state index is 12.6. The van der Waals surface area contributed by atoms with E-state index in [4.69, 9.17) is 20.3 Å². The van der Waals surface area contributed by atoms with E-state index in [0.717, 1.165) is 11.3 Å². The number of nitrogens with zero attached hydrogens (tertiary/aromatic N) is 1. The number of aliphatic hydroxyl groups excluding tert-OH is 1. The molecule has 14 heteroatoms. The van der Waals surface area contributed by atoms with Gasteiger partial charge < -0.3 is 36.3 Å². The molecule has 1 heterocycles. The van der Waals surface area contributed by atoms with Crippen LogP contribution in [0, 0.1) is 17.0 Å². The van der Waals surface area contributed by atoms with Crippen molar-refractivity contribution in [3.05, 3.63) is 44.3 Å². The van der Waals surface area contributed by atoms with Crippen molar-refractivity contribution in [3.8, 4) is 0 Å². The minimum atomic E-state index is -0.761. The third-order valence-electron chi connectivity index (χ3n) is 4.43. The first-order valence-corrected chi connectivity index (χ1v) is 10.8. The smallest absolute Gasteiger partial charge is 0.341 e. The summed E-state index contributed by atoms with van der Waals surface area (Å²) in [6.07, 6.45) is 0. The maximum atomic E-state index is 12.6. The number of ether oxygens (including phenoxy) is 2. The number of primary amides is 1. The van der Waals surface area contributed by atoms with Crippen LogP contribution in [0.15, 0.2) is 18.2 Å². The number of aliphatic hydroxyl groups is 1. The van der Waals surface area contributed by atoms with Crippen molar-refractivity contribution >= 4 is 51.2 Å². The van der Waals surface area contributed by atoms with Gasteiger partial charge >= 0.3 is 5.97 Å². The number of benzene rings is 1. The van der Waals surface area contributed by atoms with Gasteiger partial charge in [-0.3, -0.25) is 19.7 Å². The van der Waals surface area contributed by atoms with Crippen molar-refractivity contribution in [3.63, 3.8) is 0 Å². The highest BCUT2D eigenvalue weighted by Crippen LogP contribution is 2.33. The fraction of sp³-hybridized carbons (Fsp3) is 0.350. The molecule has 0 fully saturated rings. The Hall–Kier alpha value is -3.75. The Bertz CT molecular complexity index is 1070. The van der Waals surface area contributed by atoms with Gasteiger partial charge in [0.05, 0.1) is 46.5 Å². The zero-order chi connectivity index (χ0) is 25.3. The average Bonchev–Trinajstić information content (AvgIpc) is 3.12. The third kappa shape index (κ3) is 6.87. The van der Waals surface area contributed by atoms with E-state index >= 15 is 0 Å². The molecule has 2 aromatic rings. The Morgan fingerprint density at radius 3 is 2.56 bits per heavy atom. The number of nitro groups is 1. The molecule has 0 atom stereocenters. The van der Waals surface area contributed by atoms with Gasteiger partial charge in [0.2, 0.25) is 5.91 Å². The summed E-state index contributed by atoms with van der Waals surface area (Å²) >= 11 is 0.837. The molecule has 2 amide bonds.